The van der Waals surface area contributed by atoms with Gasteiger partial charge in [0.25, 0.3) is 0 Å². The van der Waals surface area contributed by atoms with Gasteiger partial charge in [-0.2, -0.15) is 0 Å². The van der Waals surface area contributed by atoms with E-state index in [9.17, 15) is 4.79 Å². The summed E-state index contributed by atoms with van der Waals surface area (Å²) in [7, 11) is 0. The van der Waals surface area contributed by atoms with Crippen LogP contribution >= 0.6 is 0 Å². The van der Waals surface area contributed by atoms with Gasteiger partial charge in [0.05, 0.1) is 0 Å². The summed E-state index contributed by atoms with van der Waals surface area (Å²) in [6.45, 7) is 10.5. The molecule has 0 fully saturated rings. The first-order chi connectivity index (χ1) is 8.95. The lowest BCUT2D eigenvalue weighted by Gasteiger charge is -2.29. The van der Waals surface area contributed by atoms with E-state index in [0.29, 0.717) is 6.54 Å². The van der Waals surface area contributed by atoms with E-state index in [1.54, 1.807) is 6.08 Å². The lowest BCUT2D eigenvalue weighted by molar-refractivity contribution is 0.236. The molecular weight excluding hydrogens is 236 g/mol. The van der Waals surface area contributed by atoms with Crippen LogP contribution in [0.1, 0.15) is 32.8 Å². The Kier molecular flexibility index (Phi) is 5.61. The molecule has 1 aromatic rings. The van der Waals surface area contributed by atoms with Gasteiger partial charge in [0, 0.05) is 12.6 Å². The van der Waals surface area contributed by atoms with E-state index in [4.69, 9.17) is 0 Å². The summed E-state index contributed by atoms with van der Waals surface area (Å²) in [6.07, 6.45) is 2.55. The van der Waals surface area contributed by atoms with Gasteiger partial charge in [0.1, 0.15) is 0 Å². The molecule has 2 amide bonds. The van der Waals surface area contributed by atoms with Crippen LogP contribution in [0.15, 0.2) is 43.0 Å². The van der Waals surface area contributed by atoms with E-state index >= 15 is 0 Å². The maximum Gasteiger partial charge on any atom is 0.315 e. The number of nitrogens with one attached hydrogen (secondary N) is 2. The third-order valence-corrected chi connectivity index (χ3v) is 3.16. The van der Waals surface area contributed by atoms with Gasteiger partial charge in [-0.25, -0.2) is 4.79 Å². The fourth-order valence-corrected chi connectivity index (χ4v) is 2.26. The standard InChI is InChI=1S/C16H24N2O/c1-5-11-17-15(19)18-13(2)12-16(3,4)14-9-7-6-8-10-14/h5-10,13H,1,11-12H2,2-4H3,(H2,17,18,19). The van der Waals surface area contributed by atoms with Crippen molar-refractivity contribution in [2.75, 3.05) is 6.54 Å². The molecule has 0 spiro atoms. The zero-order valence-corrected chi connectivity index (χ0v) is 12.1. The van der Waals surface area contributed by atoms with Crippen LogP contribution in [0.3, 0.4) is 0 Å². The summed E-state index contributed by atoms with van der Waals surface area (Å²) in [5.41, 5.74) is 1.32. The summed E-state index contributed by atoms with van der Waals surface area (Å²) < 4.78 is 0. The van der Waals surface area contributed by atoms with E-state index in [2.05, 4.69) is 43.2 Å². The molecule has 0 bridgehead atoms. The van der Waals surface area contributed by atoms with Crippen LogP contribution in [-0.2, 0) is 5.41 Å². The fourth-order valence-electron chi connectivity index (χ4n) is 2.26. The number of carbonyl (C=O) groups is 1. The Morgan fingerprint density at radius 1 is 1.37 bits per heavy atom. The second-order valence-electron chi connectivity index (χ2n) is 5.50. The quantitative estimate of drug-likeness (QED) is 0.758. The molecule has 0 saturated heterocycles. The van der Waals surface area contributed by atoms with Gasteiger partial charge in [-0.05, 0) is 24.3 Å². The summed E-state index contributed by atoms with van der Waals surface area (Å²) in [5.74, 6) is 0. The molecular formula is C16H24N2O. The van der Waals surface area contributed by atoms with Crippen molar-refractivity contribution in [3.63, 3.8) is 0 Å². The molecule has 104 valence electrons. The largest absolute Gasteiger partial charge is 0.336 e. The Hall–Kier alpha value is -1.77. The zero-order valence-electron chi connectivity index (χ0n) is 12.1. The van der Waals surface area contributed by atoms with Crippen molar-refractivity contribution in [3.8, 4) is 0 Å². The highest BCUT2D eigenvalue weighted by Gasteiger charge is 2.23. The highest BCUT2D eigenvalue weighted by Crippen LogP contribution is 2.27. The second-order valence-corrected chi connectivity index (χ2v) is 5.50. The number of hydrogen-bond donors (Lipinski definition) is 2. The summed E-state index contributed by atoms with van der Waals surface area (Å²) in [6, 6.07) is 10.3. The van der Waals surface area contributed by atoms with Crippen molar-refractivity contribution in [2.24, 2.45) is 0 Å². The van der Waals surface area contributed by atoms with E-state index in [1.807, 2.05) is 25.1 Å². The monoisotopic (exact) mass is 260 g/mol. The summed E-state index contributed by atoms with van der Waals surface area (Å²) in [5, 5.41) is 5.66. The number of rotatable bonds is 6. The van der Waals surface area contributed by atoms with E-state index < -0.39 is 0 Å². The van der Waals surface area contributed by atoms with Gasteiger partial charge < -0.3 is 10.6 Å². The minimum absolute atomic E-state index is 0.0341. The first-order valence-electron chi connectivity index (χ1n) is 6.66. The molecule has 0 aliphatic carbocycles. The van der Waals surface area contributed by atoms with Crippen molar-refractivity contribution >= 4 is 6.03 Å². The number of carbonyl (C=O) groups excluding carboxylic acids is 1. The molecule has 0 aromatic heterocycles. The van der Waals surface area contributed by atoms with Crippen LogP contribution in [0.5, 0.6) is 0 Å². The lowest BCUT2D eigenvalue weighted by Crippen LogP contribution is -2.43. The third kappa shape index (κ3) is 5.16. The highest BCUT2D eigenvalue weighted by molar-refractivity contribution is 5.74. The highest BCUT2D eigenvalue weighted by atomic mass is 16.2. The Morgan fingerprint density at radius 3 is 2.58 bits per heavy atom. The number of hydrogen-bond acceptors (Lipinski definition) is 1. The van der Waals surface area contributed by atoms with Gasteiger partial charge >= 0.3 is 6.03 Å². The Morgan fingerprint density at radius 2 is 2.00 bits per heavy atom. The average molecular weight is 260 g/mol. The van der Waals surface area contributed by atoms with E-state index in [1.165, 1.54) is 5.56 Å². The Balaban J connectivity index is 2.53. The van der Waals surface area contributed by atoms with Crippen LogP contribution in [0, 0.1) is 0 Å². The Bertz CT molecular complexity index is 412. The molecule has 1 aromatic carbocycles. The molecule has 0 radical (unpaired) electrons. The molecule has 3 nitrogen and oxygen atoms in total. The van der Waals surface area contributed by atoms with Crippen molar-refractivity contribution in [2.45, 2.75) is 38.6 Å². The Labute approximate surface area is 116 Å². The van der Waals surface area contributed by atoms with Gasteiger partial charge in [-0.15, -0.1) is 6.58 Å². The van der Waals surface area contributed by atoms with Crippen molar-refractivity contribution in [3.05, 3.63) is 48.6 Å². The molecule has 1 atom stereocenters. The molecule has 0 aliphatic heterocycles. The molecule has 1 unspecified atom stereocenters. The van der Waals surface area contributed by atoms with Crippen molar-refractivity contribution in [1.29, 1.82) is 0 Å². The van der Waals surface area contributed by atoms with Crippen molar-refractivity contribution in [1.82, 2.24) is 10.6 Å². The normalized spacial score (nSPS) is 12.6. The van der Waals surface area contributed by atoms with E-state index in [-0.39, 0.29) is 17.5 Å². The maximum absolute atomic E-state index is 11.6. The van der Waals surface area contributed by atoms with Crippen LogP contribution in [0.25, 0.3) is 0 Å². The predicted molar refractivity (Wildman–Crippen MR) is 80.3 cm³/mol. The average Bonchev–Trinajstić information content (AvgIpc) is 2.36. The number of benzene rings is 1. The molecule has 3 heteroatoms. The SMILES string of the molecule is C=CCNC(=O)NC(C)CC(C)(C)c1ccccc1. The van der Waals surface area contributed by atoms with Gasteiger partial charge in [-0.1, -0.05) is 50.3 Å². The molecule has 2 N–H and O–H groups in total. The van der Waals surface area contributed by atoms with Gasteiger partial charge in [-0.3, -0.25) is 0 Å². The lowest BCUT2D eigenvalue weighted by atomic mass is 9.79. The molecule has 19 heavy (non-hydrogen) atoms. The number of urea groups is 1. The molecule has 0 aliphatic rings. The first kappa shape index (κ1) is 15.3. The van der Waals surface area contributed by atoms with Gasteiger partial charge in [0.2, 0.25) is 0 Å². The van der Waals surface area contributed by atoms with Crippen LogP contribution < -0.4 is 10.6 Å². The second kappa shape index (κ2) is 6.98. The van der Waals surface area contributed by atoms with E-state index in [0.717, 1.165) is 6.42 Å². The fraction of sp³-hybridized carbons (Fsp3) is 0.438. The smallest absolute Gasteiger partial charge is 0.315 e. The van der Waals surface area contributed by atoms with Crippen LogP contribution in [-0.4, -0.2) is 18.6 Å². The zero-order chi connectivity index (χ0) is 14.3. The number of amides is 2. The maximum atomic E-state index is 11.6. The molecule has 0 saturated carbocycles. The topological polar surface area (TPSA) is 41.1 Å². The summed E-state index contributed by atoms with van der Waals surface area (Å²) >= 11 is 0. The molecule has 1 rings (SSSR count). The predicted octanol–water partition coefficient (Wildman–Crippen LogP) is 3.23. The van der Waals surface area contributed by atoms with Crippen LogP contribution in [0.4, 0.5) is 4.79 Å². The van der Waals surface area contributed by atoms with Crippen LogP contribution in [0.2, 0.25) is 0 Å². The third-order valence-electron chi connectivity index (χ3n) is 3.16. The minimum atomic E-state index is -0.142. The minimum Gasteiger partial charge on any atom is -0.336 e. The summed E-state index contributed by atoms with van der Waals surface area (Å²) in [4.78, 5) is 11.6. The van der Waals surface area contributed by atoms with Gasteiger partial charge in [0.15, 0.2) is 0 Å². The molecule has 0 heterocycles. The first-order valence-corrected chi connectivity index (χ1v) is 6.66. The van der Waals surface area contributed by atoms with Crippen molar-refractivity contribution < 1.29 is 4.79 Å².